The number of ether oxygens (including phenoxy) is 1. The molecule has 0 saturated carbocycles. The van der Waals surface area contributed by atoms with Crippen LogP contribution in [0.15, 0.2) is 59.6 Å². The van der Waals surface area contributed by atoms with Crippen molar-refractivity contribution in [3.8, 4) is 16.9 Å². The number of fused-ring (bicyclic) bond motifs is 1. The van der Waals surface area contributed by atoms with E-state index >= 15 is 0 Å². The summed E-state index contributed by atoms with van der Waals surface area (Å²) in [7, 11) is 3.25. The van der Waals surface area contributed by atoms with Crippen molar-refractivity contribution in [1.29, 1.82) is 0 Å². The zero-order valence-corrected chi connectivity index (χ0v) is 21.2. The van der Waals surface area contributed by atoms with Gasteiger partial charge in [-0.05, 0) is 56.5 Å². The summed E-state index contributed by atoms with van der Waals surface area (Å²) >= 11 is 0. The van der Waals surface area contributed by atoms with Crippen LogP contribution < -0.4 is 14.5 Å². The van der Waals surface area contributed by atoms with Gasteiger partial charge in [-0.15, -0.1) is 0 Å². The second kappa shape index (κ2) is 10.3. The number of nitrogens with one attached hydrogen (secondary N) is 1. The topological polar surface area (TPSA) is 90.9 Å². The molecule has 4 aromatic rings. The minimum absolute atomic E-state index is 0.145. The molecule has 8 heteroatoms. The molecule has 0 aliphatic carbocycles. The highest BCUT2D eigenvalue weighted by Gasteiger charge is 2.26. The average molecular weight is 496 g/mol. The number of aliphatic imine (C=N–C) groups is 1. The van der Waals surface area contributed by atoms with E-state index in [2.05, 4.69) is 19.9 Å². The number of carbonyl (C=O) groups is 1. The van der Waals surface area contributed by atoms with Crippen LogP contribution in [-0.2, 0) is 4.79 Å². The number of hydrogen-bond acceptors (Lipinski definition) is 6. The van der Waals surface area contributed by atoms with Crippen LogP contribution in [0, 0.1) is 6.92 Å². The van der Waals surface area contributed by atoms with Crippen molar-refractivity contribution >= 4 is 40.1 Å². The van der Waals surface area contributed by atoms with E-state index in [9.17, 15) is 9.59 Å². The van der Waals surface area contributed by atoms with Crippen LogP contribution in [0.1, 0.15) is 35.4 Å². The minimum atomic E-state index is -0.294. The molecule has 1 aromatic heterocycles. The molecule has 1 N–H and O–H groups in total. The first kappa shape index (κ1) is 24.3. The summed E-state index contributed by atoms with van der Waals surface area (Å²) in [6, 6.07) is 17.2. The van der Waals surface area contributed by atoms with Crippen molar-refractivity contribution < 1.29 is 14.3 Å². The monoisotopic (exact) mass is 495 g/mol. The number of carbonyl (C=O) groups excluding carboxylic acids is 2. The number of methoxy groups -OCH3 is 1. The summed E-state index contributed by atoms with van der Waals surface area (Å²) in [5.74, 6) is 0.811. The van der Waals surface area contributed by atoms with Crippen molar-refractivity contribution in [1.82, 2.24) is 9.97 Å². The molecule has 1 aliphatic heterocycles. The number of rotatable bonds is 6. The highest BCUT2D eigenvalue weighted by atomic mass is 16.5. The fourth-order valence-electron chi connectivity index (χ4n) is 5.13. The van der Waals surface area contributed by atoms with Gasteiger partial charge in [0, 0.05) is 31.3 Å². The van der Waals surface area contributed by atoms with Gasteiger partial charge in [-0.2, -0.15) is 4.99 Å². The van der Waals surface area contributed by atoms with E-state index in [1.165, 1.54) is 13.5 Å². The van der Waals surface area contributed by atoms with E-state index in [1.807, 2.05) is 55.5 Å². The van der Waals surface area contributed by atoms with Gasteiger partial charge in [-0.25, -0.2) is 9.78 Å². The zero-order valence-electron chi connectivity index (χ0n) is 21.2. The van der Waals surface area contributed by atoms with Crippen LogP contribution in [0.3, 0.4) is 0 Å². The Kier molecular flexibility index (Phi) is 6.75. The van der Waals surface area contributed by atoms with E-state index < -0.39 is 0 Å². The third-order valence-corrected chi connectivity index (χ3v) is 6.89. The lowest BCUT2D eigenvalue weighted by atomic mass is 9.98. The van der Waals surface area contributed by atoms with Crippen molar-refractivity contribution in [2.75, 3.05) is 37.0 Å². The molecule has 1 amide bonds. The number of aromatic amines is 1. The average Bonchev–Trinajstić information content (AvgIpc) is 3.33. The maximum Gasteiger partial charge on any atom is 0.260 e. The summed E-state index contributed by atoms with van der Waals surface area (Å²) < 4.78 is 5.74. The molecule has 37 heavy (non-hydrogen) atoms. The molecule has 8 nitrogen and oxygen atoms in total. The third kappa shape index (κ3) is 4.47. The smallest absolute Gasteiger partial charge is 0.260 e. The molecule has 3 aromatic carbocycles. The quantitative estimate of drug-likeness (QED) is 0.270. The third-order valence-electron chi connectivity index (χ3n) is 6.89. The molecular formula is C29H29N5O3. The SMILES string of the molecule is COc1c(-c2cccc3[nH]c(C)nc23)ccc(C(=O)N(C)c2ccccc2N2CCCCC2)c1N=C=O. The number of para-hydroxylation sites is 3. The number of amides is 1. The second-order valence-electron chi connectivity index (χ2n) is 9.17. The van der Waals surface area contributed by atoms with Crippen molar-refractivity contribution in [3.63, 3.8) is 0 Å². The molecule has 2 heterocycles. The molecule has 0 spiro atoms. The zero-order chi connectivity index (χ0) is 25.9. The van der Waals surface area contributed by atoms with Gasteiger partial charge < -0.3 is 19.5 Å². The maximum atomic E-state index is 13.9. The Morgan fingerprint density at radius 3 is 2.59 bits per heavy atom. The van der Waals surface area contributed by atoms with E-state index in [0.29, 0.717) is 11.3 Å². The van der Waals surface area contributed by atoms with Crippen LogP contribution in [0.5, 0.6) is 5.75 Å². The highest BCUT2D eigenvalue weighted by molar-refractivity contribution is 6.12. The number of imidazole rings is 1. The Balaban J connectivity index is 1.60. The fourth-order valence-corrected chi connectivity index (χ4v) is 5.13. The summed E-state index contributed by atoms with van der Waals surface area (Å²) in [5.41, 5.74) is 5.36. The lowest BCUT2D eigenvalue weighted by Gasteiger charge is -2.32. The predicted octanol–water partition coefficient (Wildman–Crippen LogP) is 5.78. The molecule has 1 saturated heterocycles. The maximum absolute atomic E-state index is 13.9. The number of benzene rings is 3. The number of aromatic nitrogens is 2. The Bertz CT molecular complexity index is 1510. The number of hydrogen-bond donors (Lipinski definition) is 1. The van der Waals surface area contributed by atoms with E-state index in [-0.39, 0.29) is 17.2 Å². The van der Waals surface area contributed by atoms with E-state index in [4.69, 9.17) is 4.74 Å². The molecule has 0 bridgehead atoms. The first-order valence-electron chi connectivity index (χ1n) is 12.4. The number of piperidine rings is 1. The van der Waals surface area contributed by atoms with Gasteiger partial charge in [0.25, 0.3) is 5.91 Å². The molecular weight excluding hydrogens is 466 g/mol. The number of H-pyrrole nitrogens is 1. The predicted molar refractivity (Wildman–Crippen MR) is 146 cm³/mol. The largest absolute Gasteiger partial charge is 0.494 e. The molecule has 188 valence electrons. The molecule has 0 atom stereocenters. The minimum Gasteiger partial charge on any atom is -0.494 e. The fraction of sp³-hybridized carbons (Fsp3) is 0.276. The molecule has 0 unspecified atom stereocenters. The van der Waals surface area contributed by atoms with Crippen LogP contribution in [0.4, 0.5) is 17.1 Å². The first-order chi connectivity index (χ1) is 18.0. The van der Waals surface area contributed by atoms with Gasteiger partial charge in [-0.1, -0.05) is 24.3 Å². The van der Waals surface area contributed by atoms with Crippen LogP contribution >= 0.6 is 0 Å². The Labute approximate surface area is 215 Å². The van der Waals surface area contributed by atoms with Gasteiger partial charge in [0.15, 0.2) is 5.75 Å². The number of nitrogens with zero attached hydrogens (tertiary/aromatic N) is 4. The van der Waals surface area contributed by atoms with Crippen molar-refractivity contribution in [2.24, 2.45) is 4.99 Å². The normalized spacial score (nSPS) is 13.3. The molecule has 0 radical (unpaired) electrons. The Morgan fingerprint density at radius 2 is 1.84 bits per heavy atom. The first-order valence-corrected chi connectivity index (χ1v) is 12.4. The molecule has 5 rings (SSSR count). The van der Waals surface area contributed by atoms with Crippen LogP contribution in [0.2, 0.25) is 0 Å². The van der Waals surface area contributed by atoms with Crippen LogP contribution in [-0.4, -0.2) is 49.2 Å². The van der Waals surface area contributed by atoms with E-state index in [0.717, 1.165) is 59.7 Å². The number of anilines is 2. The summed E-state index contributed by atoms with van der Waals surface area (Å²) in [6.45, 7) is 3.81. The summed E-state index contributed by atoms with van der Waals surface area (Å²) in [4.78, 5) is 41.1. The Hall–Kier alpha value is -4.42. The Morgan fingerprint density at radius 1 is 1.05 bits per heavy atom. The summed E-state index contributed by atoms with van der Waals surface area (Å²) in [5, 5.41) is 0. The van der Waals surface area contributed by atoms with Gasteiger partial charge in [-0.3, -0.25) is 4.79 Å². The second-order valence-corrected chi connectivity index (χ2v) is 9.17. The lowest BCUT2D eigenvalue weighted by Crippen LogP contribution is -2.33. The van der Waals surface area contributed by atoms with Gasteiger partial charge in [0.05, 0.1) is 35.1 Å². The van der Waals surface area contributed by atoms with Gasteiger partial charge >= 0.3 is 0 Å². The van der Waals surface area contributed by atoms with Crippen molar-refractivity contribution in [2.45, 2.75) is 26.2 Å². The van der Waals surface area contributed by atoms with E-state index in [1.54, 1.807) is 24.1 Å². The number of isocyanates is 1. The summed E-state index contributed by atoms with van der Waals surface area (Å²) in [6.07, 6.45) is 5.09. The van der Waals surface area contributed by atoms with Gasteiger partial charge in [0.1, 0.15) is 11.5 Å². The van der Waals surface area contributed by atoms with Crippen molar-refractivity contribution in [3.05, 3.63) is 66.0 Å². The highest BCUT2D eigenvalue weighted by Crippen LogP contribution is 2.43. The molecule has 1 aliphatic rings. The van der Waals surface area contributed by atoms with Gasteiger partial charge in [0.2, 0.25) is 6.08 Å². The lowest BCUT2D eigenvalue weighted by molar-refractivity contribution is 0.0993. The number of aryl methyl sites for hydroxylation is 1. The molecule has 1 fully saturated rings. The van der Waals surface area contributed by atoms with Crippen LogP contribution in [0.25, 0.3) is 22.2 Å². The standard InChI is InChI=1S/C29H29N5O3/c1-19-31-23-11-9-10-20(26(23)32-19)21-14-15-22(27(30-18-35)28(21)37-3)29(36)33(2)24-12-5-6-13-25(24)34-16-7-4-8-17-34/h5-6,9-15H,4,7-8,16-17H2,1-3H3,(H,31,32).